The molecule has 1 aliphatic carbocycles. The molecule has 0 unspecified atom stereocenters. The van der Waals surface area contributed by atoms with Crippen LogP contribution in [-0.4, -0.2) is 34.5 Å². The summed E-state index contributed by atoms with van der Waals surface area (Å²) in [7, 11) is 0. The maximum absolute atomic E-state index is 10.6. The van der Waals surface area contributed by atoms with Gasteiger partial charge in [-0.2, -0.15) is 0 Å². The molecular weight excluding hydrogens is 256 g/mol. The third-order valence-corrected chi connectivity index (χ3v) is 3.91. The number of hydrogen-bond donors (Lipinski definition) is 4. The molecule has 4 atom stereocenters. The van der Waals surface area contributed by atoms with Crippen molar-refractivity contribution in [2.75, 3.05) is 0 Å². The lowest BCUT2D eigenvalue weighted by Crippen LogP contribution is -2.50. The Bertz CT molecular complexity index is 438. The second-order valence-electron chi connectivity index (χ2n) is 5.43. The van der Waals surface area contributed by atoms with Crippen LogP contribution >= 0.6 is 0 Å². The quantitative estimate of drug-likeness (QED) is 0.678. The predicted octanol–water partition coefficient (Wildman–Crippen LogP) is 1.89. The summed E-state index contributed by atoms with van der Waals surface area (Å²) >= 11 is 0. The van der Waals surface area contributed by atoms with E-state index in [9.17, 15) is 9.90 Å². The average molecular weight is 278 g/mol. The zero-order chi connectivity index (χ0) is 14.5. The highest BCUT2D eigenvalue weighted by atomic mass is 16.4. The molecule has 1 amide bonds. The van der Waals surface area contributed by atoms with Crippen molar-refractivity contribution in [3.63, 3.8) is 0 Å². The fourth-order valence-corrected chi connectivity index (χ4v) is 2.81. The molecule has 20 heavy (non-hydrogen) atoms. The highest BCUT2D eigenvalue weighted by Gasteiger charge is 2.30. The Morgan fingerprint density at radius 2 is 2.00 bits per heavy atom. The monoisotopic (exact) mass is 278 g/mol. The number of hydrogen-bond acceptors (Lipinski definition) is 3. The van der Waals surface area contributed by atoms with E-state index in [4.69, 9.17) is 5.11 Å². The van der Waals surface area contributed by atoms with E-state index in [1.165, 1.54) is 5.56 Å². The first-order chi connectivity index (χ1) is 9.56. The molecular formula is C15H22N2O3. The Balaban J connectivity index is 1.87. The summed E-state index contributed by atoms with van der Waals surface area (Å²) < 4.78 is 0. The Hall–Kier alpha value is -1.59. The van der Waals surface area contributed by atoms with Gasteiger partial charge in [-0.1, -0.05) is 30.3 Å². The van der Waals surface area contributed by atoms with Gasteiger partial charge in [0.1, 0.15) is 0 Å². The van der Waals surface area contributed by atoms with E-state index in [0.717, 1.165) is 12.8 Å². The van der Waals surface area contributed by atoms with Gasteiger partial charge in [0.05, 0.1) is 6.10 Å². The summed E-state index contributed by atoms with van der Waals surface area (Å²) in [5.41, 5.74) is 1.19. The van der Waals surface area contributed by atoms with Crippen molar-refractivity contribution in [2.24, 2.45) is 0 Å². The van der Waals surface area contributed by atoms with Gasteiger partial charge in [-0.15, -0.1) is 0 Å². The molecule has 5 nitrogen and oxygen atoms in total. The van der Waals surface area contributed by atoms with Crippen molar-refractivity contribution in [1.82, 2.24) is 10.6 Å². The Kier molecular flexibility index (Phi) is 4.98. The largest absolute Gasteiger partial charge is 0.465 e. The van der Waals surface area contributed by atoms with Crippen molar-refractivity contribution >= 4 is 6.09 Å². The van der Waals surface area contributed by atoms with E-state index in [1.807, 2.05) is 18.2 Å². The van der Waals surface area contributed by atoms with Gasteiger partial charge in [0.15, 0.2) is 0 Å². The van der Waals surface area contributed by atoms with Crippen LogP contribution in [0.15, 0.2) is 30.3 Å². The number of aliphatic hydroxyl groups is 1. The molecule has 0 aromatic heterocycles. The lowest BCUT2D eigenvalue weighted by Gasteiger charge is -2.35. The highest BCUT2D eigenvalue weighted by Crippen LogP contribution is 2.22. The minimum Gasteiger partial charge on any atom is -0.465 e. The van der Waals surface area contributed by atoms with Crippen molar-refractivity contribution in [3.05, 3.63) is 35.9 Å². The third kappa shape index (κ3) is 3.95. The fraction of sp³-hybridized carbons (Fsp3) is 0.533. The highest BCUT2D eigenvalue weighted by molar-refractivity contribution is 5.64. The summed E-state index contributed by atoms with van der Waals surface area (Å²) in [5, 5.41) is 24.7. The van der Waals surface area contributed by atoms with E-state index in [-0.39, 0.29) is 18.1 Å². The normalized spacial score (nSPS) is 27.8. The molecule has 0 spiro atoms. The number of amides is 1. The lowest BCUT2D eigenvalue weighted by atomic mass is 9.88. The van der Waals surface area contributed by atoms with Gasteiger partial charge in [0.2, 0.25) is 0 Å². The van der Waals surface area contributed by atoms with Gasteiger partial charge >= 0.3 is 6.09 Å². The van der Waals surface area contributed by atoms with Crippen LogP contribution in [0, 0.1) is 0 Å². The summed E-state index contributed by atoms with van der Waals surface area (Å²) in [6, 6.07) is 10.1. The van der Waals surface area contributed by atoms with Crippen molar-refractivity contribution < 1.29 is 15.0 Å². The van der Waals surface area contributed by atoms with Crippen LogP contribution in [-0.2, 0) is 0 Å². The first-order valence-electron chi connectivity index (χ1n) is 7.04. The van der Waals surface area contributed by atoms with Crippen LogP contribution < -0.4 is 10.6 Å². The zero-order valence-corrected chi connectivity index (χ0v) is 11.6. The number of carboxylic acid groups (broad SMARTS) is 1. The molecule has 0 bridgehead atoms. The molecule has 5 heteroatoms. The molecule has 0 saturated heterocycles. The molecule has 110 valence electrons. The molecule has 1 aromatic carbocycles. The molecule has 0 heterocycles. The average Bonchev–Trinajstić information content (AvgIpc) is 2.42. The second-order valence-corrected chi connectivity index (χ2v) is 5.43. The minimum atomic E-state index is -1.02. The van der Waals surface area contributed by atoms with Gasteiger partial charge in [-0.05, 0) is 31.7 Å². The first-order valence-corrected chi connectivity index (χ1v) is 7.04. The second kappa shape index (κ2) is 6.72. The SMILES string of the molecule is C[C@H](N[C@H]1CC[C@H](NC(=O)O)C[C@@H]1O)c1ccccc1. The van der Waals surface area contributed by atoms with Crippen LogP contribution in [0.4, 0.5) is 4.79 Å². The van der Waals surface area contributed by atoms with Crippen molar-refractivity contribution in [1.29, 1.82) is 0 Å². The van der Waals surface area contributed by atoms with Gasteiger partial charge in [-0.25, -0.2) is 4.79 Å². The molecule has 0 aliphatic heterocycles. The number of nitrogens with one attached hydrogen (secondary N) is 2. The lowest BCUT2D eigenvalue weighted by molar-refractivity contribution is 0.0704. The predicted molar refractivity (Wildman–Crippen MR) is 76.6 cm³/mol. The van der Waals surface area contributed by atoms with Crippen LogP contribution in [0.2, 0.25) is 0 Å². The minimum absolute atomic E-state index is 0.0112. The van der Waals surface area contributed by atoms with E-state index in [0.29, 0.717) is 6.42 Å². The number of benzene rings is 1. The van der Waals surface area contributed by atoms with Gasteiger partial charge in [-0.3, -0.25) is 0 Å². The summed E-state index contributed by atoms with van der Waals surface area (Å²) in [5.74, 6) is 0. The standard InChI is InChI=1S/C15H22N2O3/c1-10(11-5-3-2-4-6-11)16-13-8-7-12(9-14(13)18)17-15(19)20/h2-6,10,12-14,16-18H,7-9H2,1H3,(H,19,20)/t10-,12-,13-,14-/m0/s1. The van der Waals surface area contributed by atoms with Crippen LogP contribution in [0.25, 0.3) is 0 Å². The molecule has 1 saturated carbocycles. The number of carbonyl (C=O) groups is 1. The van der Waals surface area contributed by atoms with E-state index in [2.05, 4.69) is 29.7 Å². The maximum Gasteiger partial charge on any atom is 0.404 e. The summed E-state index contributed by atoms with van der Waals surface area (Å²) in [4.78, 5) is 10.6. The molecule has 2 rings (SSSR count). The third-order valence-electron chi connectivity index (χ3n) is 3.91. The van der Waals surface area contributed by atoms with Crippen molar-refractivity contribution in [3.8, 4) is 0 Å². The molecule has 1 aromatic rings. The van der Waals surface area contributed by atoms with E-state index < -0.39 is 12.2 Å². The molecule has 4 N–H and O–H groups in total. The Labute approximate surface area is 119 Å². The van der Waals surface area contributed by atoms with Gasteiger partial charge < -0.3 is 20.8 Å². The molecule has 1 fully saturated rings. The van der Waals surface area contributed by atoms with Gasteiger partial charge in [0.25, 0.3) is 0 Å². The smallest absolute Gasteiger partial charge is 0.404 e. The van der Waals surface area contributed by atoms with Crippen molar-refractivity contribution in [2.45, 2.75) is 50.4 Å². The zero-order valence-electron chi connectivity index (χ0n) is 11.6. The van der Waals surface area contributed by atoms with E-state index >= 15 is 0 Å². The first kappa shape index (κ1) is 14.8. The van der Waals surface area contributed by atoms with Crippen LogP contribution in [0.1, 0.15) is 37.8 Å². The maximum atomic E-state index is 10.6. The fourth-order valence-electron chi connectivity index (χ4n) is 2.81. The Morgan fingerprint density at radius 3 is 2.60 bits per heavy atom. The summed E-state index contributed by atoms with van der Waals surface area (Å²) in [6.45, 7) is 2.07. The van der Waals surface area contributed by atoms with Gasteiger partial charge in [0, 0.05) is 18.1 Å². The topological polar surface area (TPSA) is 81.6 Å². The van der Waals surface area contributed by atoms with Crippen LogP contribution in [0.3, 0.4) is 0 Å². The Morgan fingerprint density at radius 1 is 1.30 bits per heavy atom. The van der Waals surface area contributed by atoms with E-state index in [1.54, 1.807) is 0 Å². The molecule has 0 radical (unpaired) electrons. The summed E-state index contributed by atoms with van der Waals surface area (Å²) in [6.07, 6.45) is 0.440. The molecule has 1 aliphatic rings. The number of aliphatic hydroxyl groups excluding tert-OH is 1. The number of rotatable bonds is 4. The van der Waals surface area contributed by atoms with Crippen LogP contribution in [0.5, 0.6) is 0 Å².